The van der Waals surface area contributed by atoms with E-state index in [-0.39, 0.29) is 19.0 Å². The Balaban J connectivity index is 3.96. The Kier molecular flexibility index (Phi) is 5.03. The smallest absolute Gasteiger partial charge is 0.323 e. The maximum atomic E-state index is 11.1. The van der Waals surface area contributed by atoms with Crippen LogP contribution < -0.4 is 5.32 Å². The summed E-state index contributed by atoms with van der Waals surface area (Å²) in [6, 6.07) is 0. The topological polar surface area (TPSA) is 69.6 Å². The summed E-state index contributed by atoms with van der Waals surface area (Å²) in [6.45, 7) is 2.13. The minimum atomic E-state index is -0.985. The number of hydrogen-bond donors (Lipinski definition) is 2. The molecular weight excluding hydrogens is 160 g/mol. The van der Waals surface area contributed by atoms with Crippen LogP contribution in [-0.2, 0) is 9.59 Å². The van der Waals surface area contributed by atoms with Crippen LogP contribution in [0.2, 0.25) is 0 Å². The third-order valence-corrected chi connectivity index (χ3v) is 1.39. The highest BCUT2D eigenvalue weighted by Gasteiger charge is 2.12. The van der Waals surface area contributed by atoms with Gasteiger partial charge in [0.15, 0.2) is 0 Å². The average molecular weight is 174 g/mol. The van der Waals surface area contributed by atoms with Gasteiger partial charge in [-0.25, -0.2) is 0 Å². The van der Waals surface area contributed by atoms with Crippen LogP contribution in [0.5, 0.6) is 0 Å². The van der Waals surface area contributed by atoms with Crippen molar-refractivity contribution in [3.8, 4) is 0 Å². The summed E-state index contributed by atoms with van der Waals surface area (Å²) in [5, 5.41) is 11.1. The number of carbonyl (C=O) groups is 2. The number of carboxylic acid groups (broad SMARTS) is 1. The lowest BCUT2D eigenvalue weighted by Crippen LogP contribution is -2.40. The molecule has 0 heterocycles. The second-order valence-electron chi connectivity index (χ2n) is 2.33. The van der Waals surface area contributed by atoms with Crippen LogP contribution >= 0.6 is 0 Å². The van der Waals surface area contributed by atoms with Crippen molar-refractivity contribution in [2.75, 3.05) is 26.7 Å². The third kappa shape index (κ3) is 3.92. The van der Waals surface area contributed by atoms with E-state index in [0.29, 0.717) is 6.54 Å². The number of aliphatic carboxylic acids is 1. The summed E-state index contributed by atoms with van der Waals surface area (Å²) in [4.78, 5) is 22.6. The van der Waals surface area contributed by atoms with E-state index >= 15 is 0 Å². The molecule has 12 heavy (non-hydrogen) atoms. The van der Waals surface area contributed by atoms with E-state index in [4.69, 9.17) is 5.11 Å². The van der Waals surface area contributed by atoms with Gasteiger partial charge in [0.05, 0.1) is 6.54 Å². The van der Waals surface area contributed by atoms with Crippen molar-refractivity contribution in [2.24, 2.45) is 0 Å². The van der Waals surface area contributed by atoms with E-state index in [0.717, 1.165) is 0 Å². The number of rotatable bonds is 5. The molecule has 0 radical (unpaired) electrons. The normalized spacial score (nSPS) is 9.50. The molecule has 0 aliphatic rings. The highest BCUT2D eigenvalue weighted by Crippen LogP contribution is 1.87. The molecule has 70 valence electrons. The first-order valence-electron chi connectivity index (χ1n) is 3.76. The molecule has 0 aliphatic carbocycles. The Morgan fingerprint density at radius 1 is 1.50 bits per heavy atom. The summed E-state index contributed by atoms with van der Waals surface area (Å²) in [6.07, 6.45) is 0. The van der Waals surface area contributed by atoms with Crippen LogP contribution in [0.15, 0.2) is 0 Å². The van der Waals surface area contributed by atoms with E-state index in [9.17, 15) is 9.59 Å². The molecule has 2 N–H and O–H groups in total. The SMILES string of the molecule is CCN(CC(=O)O)C(=O)CNC. The largest absolute Gasteiger partial charge is 0.480 e. The molecule has 0 rings (SSSR count). The zero-order valence-corrected chi connectivity index (χ0v) is 7.33. The van der Waals surface area contributed by atoms with E-state index in [1.165, 1.54) is 4.90 Å². The maximum absolute atomic E-state index is 11.1. The Labute approximate surface area is 71.4 Å². The number of nitrogens with one attached hydrogen (secondary N) is 1. The first kappa shape index (κ1) is 10.9. The molecule has 0 unspecified atom stereocenters. The lowest BCUT2D eigenvalue weighted by molar-refractivity contribution is -0.143. The number of hydrogen-bond acceptors (Lipinski definition) is 3. The highest BCUT2D eigenvalue weighted by molar-refractivity contribution is 5.82. The van der Waals surface area contributed by atoms with Crippen LogP contribution in [0.3, 0.4) is 0 Å². The summed E-state index contributed by atoms with van der Waals surface area (Å²) in [5.74, 6) is -1.18. The molecule has 1 amide bonds. The van der Waals surface area contributed by atoms with Gasteiger partial charge in [0.1, 0.15) is 6.54 Å². The standard InChI is InChI=1S/C7H14N2O3/c1-3-9(5-7(11)12)6(10)4-8-2/h8H,3-5H2,1-2H3,(H,11,12). The molecule has 0 aliphatic heterocycles. The van der Waals surface area contributed by atoms with Crippen molar-refractivity contribution in [2.45, 2.75) is 6.92 Å². The molecule has 0 bridgehead atoms. The van der Waals surface area contributed by atoms with Gasteiger partial charge in [-0.2, -0.15) is 0 Å². The number of likely N-dealkylation sites (N-methyl/N-ethyl adjacent to an activating group) is 2. The molecule has 5 nitrogen and oxygen atoms in total. The highest BCUT2D eigenvalue weighted by atomic mass is 16.4. The predicted octanol–water partition coefficient (Wildman–Crippen LogP) is -0.861. The summed E-state index contributed by atoms with van der Waals surface area (Å²) in [7, 11) is 1.65. The summed E-state index contributed by atoms with van der Waals surface area (Å²) >= 11 is 0. The molecule has 0 spiro atoms. The Bertz CT molecular complexity index is 170. The lowest BCUT2D eigenvalue weighted by atomic mass is 10.4. The molecule has 0 aromatic carbocycles. The van der Waals surface area contributed by atoms with E-state index < -0.39 is 5.97 Å². The van der Waals surface area contributed by atoms with Crippen LogP contribution in [-0.4, -0.2) is 48.6 Å². The van der Waals surface area contributed by atoms with Crippen molar-refractivity contribution >= 4 is 11.9 Å². The zero-order valence-electron chi connectivity index (χ0n) is 7.33. The van der Waals surface area contributed by atoms with Gasteiger partial charge in [0.2, 0.25) is 5.91 Å². The van der Waals surface area contributed by atoms with Crippen molar-refractivity contribution in [1.29, 1.82) is 0 Å². The fraction of sp³-hybridized carbons (Fsp3) is 0.714. The molecule has 0 aromatic rings. The van der Waals surface area contributed by atoms with Crippen molar-refractivity contribution in [3.05, 3.63) is 0 Å². The molecule has 0 aromatic heterocycles. The molecule has 0 atom stereocenters. The number of nitrogens with zero attached hydrogens (tertiary/aromatic N) is 1. The Morgan fingerprint density at radius 3 is 2.42 bits per heavy atom. The summed E-state index contributed by atoms with van der Waals surface area (Å²) in [5.41, 5.74) is 0. The quantitative estimate of drug-likeness (QED) is 0.569. The fourth-order valence-electron chi connectivity index (χ4n) is 0.803. The minimum absolute atomic E-state index is 0.182. The van der Waals surface area contributed by atoms with Crippen molar-refractivity contribution in [3.63, 3.8) is 0 Å². The number of carboxylic acids is 1. The van der Waals surface area contributed by atoms with E-state index in [1.54, 1.807) is 14.0 Å². The predicted molar refractivity (Wildman–Crippen MR) is 43.8 cm³/mol. The van der Waals surface area contributed by atoms with Gasteiger partial charge in [0, 0.05) is 6.54 Å². The van der Waals surface area contributed by atoms with Crippen LogP contribution in [0.25, 0.3) is 0 Å². The molecule has 0 fully saturated rings. The first-order chi connectivity index (χ1) is 5.61. The van der Waals surface area contributed by atoms with Gasteiger partial charge in [-0.3, -0.25) is 9.59 Å². The Morgan fingerprint density at radius 2 is 2.08 bits per heavy atom. The van der Waals surface area contributed by atoms with Crippen LogP contribution in [0, 0.1) is 0 Å². The van der Waals surface area contributed by atoms with Crippen LogP contribution in [0.4, 0.5) is 0 Å². The van der Waals surface area contributed by atoms with Gasteiger partial charge in [-0.15, -0.1) is 0 Å². The fourth-order valence-corrected chi connectivity index (χ4v) is 0.803. The van der Waals surface area contributed by atoms with Crippen molar-refractivity contribution in [1.82, 2.24) is 10.2 Å². The molecule has 0 saturated heterocycles. The minimum Gasteiger partial charge on any atom is -0.480 e. The molecular formula is C7H14N2O3. The van der Waals surface area contributed by atoms with Crippen LogP contribution in [0.1, 0.15) is 6.92 Å². The van der Waals surface area contributed by atoms with E-state index in [1.807, 2.05) is 0 Å². The second kappa shape index (κ2) is 5.54. The second-order valence-corrected chi connectivity index (χ2v) is 2.33. The lowest BCUT2D eigenvalue weighted by Gasteiger charge is -2.17. The van der Waals surface area contributed by atoms with E-state index in [2.05, 4.69) is 5.32 Å². The number of carbonyl (C=O) groups excluding carboxylic acids is 1. The molecule has 5 heteroatoms. The van der Waals surface area contributed by atoms with Gasteiger partial charge in [-0.05, 0) is 14.0 Å². The molecule has 0 saturated carbocycles. The average Bonchev–Trinajstić information content (AvgIpc) is 2.00. The maximum Gasteiger partial charge on any atom is 0.323 e. The first-order valence-corrected chi connectivity index (χ1v) is 3.76. The third-order valence-electron chi connectivity index (χ3n) is 1.39. The zero-order chi connectivity index (χ0) is 9.56. The van der Waals surface area contributed by atoms with Crippen molar-refractivity contribution < 1.29 is 14.7 Å². The van der Waals surface area contributed by atoms with Gasteiger partial charge in [0.25, 0.3) is 0 Å². The monoisotopic (exact) mass is 174 g/mol. The van der Waals surface area contributed by atoms with Gasteiger partial charge < -0.3 is 15.3 Å². The number of amides is 1. The van der Waals surface area contributed by atoms with Gasteiger partial charge in [-0.1, -0.05) is 0 Å². The summed E-state index contributed by atoms with van der Waals surface area (Å²) < 4.78 is 0. The van der Waals surface area contributed by atoms with Gasteiger partial charge >= 0.3 is 5.97 Å². The Hall–Kier alpha value is -1.10.